The van der Waals surface area contributed by atoms with Crippen LogP contribution in [0.1, 0.15) is 22.5 Å². The molecule has 2 aliphatic rings. The van der Waals surface area contributed by atoms with Crippen LogP contribution in [0.15, 0.2) is 48.5 Å². The van der Waals surface area contributed by atoms with E-state index in [4.69, 9.17) is 11.6 Å². The van der Waals surface area contributed by atoms with Crippen LogP contribution in [0.3, 0.4) is 0 Å². The molecule has 27 heavy (non-hydrogen) atoms. The van der Waals surface area contributed by atoms with E-state index < -0.39 is 0 Å². The minimum Gasteiger partial charge on any atom is -0.347 e. The molecule has 0 atom stereocenters. The molecule has 3 heterocycles. The predicted octanol–water partition coefficient (Wildman–Crippen LogP) is 4.33. The Hall–Kier alpha value is -2.37. The molecule has 2 aromatic carbocycles. The highest BCUT2D eigenvalue weighted by Crippen LogP contribution is 2.42. The predicted molar refractivity (Wildman–Crippen MR) is 108 cm³/mol. The van der Waals surface area contributed by atoms with Gasteiger partial charge in [0.1, 0.15) is 4.88 Å². The van der Waals surface area contributed by atoms with Crippen molar-refractivity contribution in [3.05, 3.63) is 58.4 Å². The number of hydrogen-bond donors (Lipinski definition) is 1. The third-order valence-corrected chi connectivity index (χ3v) is 6.81. The van der Waals surface area contributed by atoms with Crippen LogP contribution in [0.5, 0.6) is 0 Å². The van der Waals surface area contributed by atoms with Crippen LogP contribution in [0.25, 0.3) is 21.2 Å². The molecule has 2 aliphatic heterocycles. The molecule has 0 unspecified atom stereocenters. The zero-order valence-electron chi connectivity index (χ0n) is 14.5. The molecule has 5 rings (SSSR count). The average Bonchev–Trinajstić information content (AvgIpc) is 3.21. The second-order valence-electron chi connectivity index (χ2n) is 7.30. The van der Waals surface area contributed by atoms with Gasteiger partial charge in [-0.2, -0.15) is 0 Å². The summed E-state index contributed by atoms with van der Waals surface area (Å²) in [4.78, 5) is 27.4. The van der Waals surface area contributed by atoms with E-state index in [9.17, 15) is 9.59 Å². The fourth-order valence-corrected chi connectivity index (χ4v) is 5.44. The van der Waals surface area contributed by atoms with Gasteiger partial charge in [-0.1, -0.05) is 41.9 Å². The summed E-state index contributed by atoms with van der Waals surface area (Å²) in [6.45, 7) is 1.17. The monoisotopic (exact) mass is 396 g/mol. The summed E-state index contributed by atoms with van der Waals surface area (Å²) in [5, 5.41) is 4.70. The van der Waals surface area contributed by atoms with Gasteiger partial charge < -0.3 is 10.2 Å². The lowest BCUT2D eigenvalue weighted by molar-refractivity contribution is -0.120. The number of carbonyl (C=O) groups is 2. The largest absolute Gasteiger partial charge is 0.347 e. The molecule has 0 radical (unpaired) electrons. The summed E-state index contributed by atoms with van der Waals surface area (Å²) < 4.78 is 1.05. The zero-order valence-corrected chi connectivity index (χ0v) is 16.1. The first-order valence-electron chi connectivity index (χ1n) is 8.92. The molecule has 4 nitrogen and oxygen atoms in total. The van der Waals surface area contributed by atoms with Crippen LogP contribution >= 0.6 is 22.9 Å². The van der Waals surface area contributed by atoms with Gasteiger partial charge in [-0.3, -0.25) is 9.59 Å². The molecular weight excluding hydrogens is 380 g/mol. The Morgan fingerprint density at radius 2 is 1.93 bits per heavy atom. The van der Waals surface area contributed by atoms with E-state index in [1.807, 2.05) is 53.4 Å². The van der Waals surface area contributed by atoms with Crippen molar-refractivity contribution in [3.8, 4) is 11.1 Å². The van der Waals surface area contributed by atoms with Gasteiger partial charge in [0.15, 0.2) is 0 Å². The second-order valence-corrected chi connectivity index (χ2v) is 8.79. The number of hydrogen-bond acceptors (Lipinski definition) is 3. The third-order valence-electron chi connectivity index (χ3n) is 5.42. The molecule has 2 fully saturated rings. The Labute approximate surface area is 165 Å². The lowest BCUT2D eigenvalue weighted by Gasteiger charge is -2.47. The van der Waals surface area contributed by atoms with E-state index >= 15 is 0 Å². The Balaban J connectivity index is 1.55. The number of carbonyl (C=O) groups excluding carboxylic acids is 2. The number of nitrogens with zero attached hydrogens (tertiary/aromatic N) is 1. The molecule has 0 saturated carbocycles. The Morgan fingerprint density at radius 3 is 2.63 bits per heavy atom. The third kappa shape index (κ3) is 2.73. The summed E-state index contributed by atoms with van der Waals surface area (Å²) in [6, 6.07) is 15.7. The molecule has 0 bridgehead atoms. The van der Waals surface area contributed by atoms with Gasteiger partial charge in [-0.15, -0.1) is 11.3 Å². The van der Waals surface area contributed by atoms with Crippen molar-refractivity contribution in [3.63, 3.8) is 0 Å². The summed E-state index contributed by atoms with van der Waals surface area (Å²) >= 11 is 7.74. The van der Waals surface area contributed by atoms with Gasteiger partial charge >= 0.3 is 0 Å². The first kappa shape index (κ1) is 16.8. The van der Waals surface area contributed by atoms with Crippen molar-refractivity contribution < 1.29 is 9.59 Å². The number of amides is 2. The van der Waals surface area contributed by atoms with Crippen LogP contribution in [-0.2, 0) is 4.79 Å². The fourth-order valence-electron chi connectivity index (χ4n) is 4.09. The Bertz CT molecular complexity index is 1070. The minimum atomic E-state index is -0.209. The summed E-state index contributed by atoms with van der Waals surface area (Å²) in [6.07, 6.45) is 1.36. The molecule has 136 valence electrons. The maximum absolute atomic E-state index is 13.3. The number of halogens is 1. The number of benzene rings is 2. The topological polar surface area (TPSA) is 49.4 Å². The summed E-state index contributed by atoms with van der Waals surface area (Å²) in [5.41, 5.74) is 1.75. The summed E-state index contributed by atoms with van der Waals surface area (Å²) in [7, 11) is 0. The standard InChI is InChI=1S/C21H17ClN2O2S/c22-14-6-7-16-15(10-14)18(13-4-2-1-3-5-13)19(27-16)20(26)24-11-21(12-24)9-8-17(25)23-21/h1-7,10H,8-9,11-12H2,(H,23,25). The van der Waals surface area contributed by atoms with Crippen LogP contribution in [0.4, 0.5) is 0 Å². The van der Waals surface area contributed by atoms with Crippen molar-refractivity contribution >= 4 is 44.8 Å². The lowest BCUT2D eigenvalue weighted by Crippen LogP contribution is -2.68. The van der Waals surface area contributed by atoms with Crippen LogP contribution in [0, 0.1) is 0 Å². The van der Waals surface area contributed by atoms with E-state index in [1.165, 1.54) is 11.3 Å². The van der Waals surface area contributed by atoms with Crippen LogP contribution in [0.2, 0.25) is 5.02 Å². The van der Waals surface area contributed by atoms with Crippen LogP contribution < -0.4 is 5.32 Å². The second kappa shape index (κ2) is 6.08. The molecule has 0 aliphatic carbocycles. The van der Waals surface area contributed by atoms with E-state index in [1.54, 1.807) is 0 Å². The van der Waals surface area contributed by atoms with E-state index in [-0.39, 0.29) is 17.4 Å². The normalized spacial score (nSPS) is 18.0. The van der Waals surface area contributed by atoms with Crippen molar-refractivity contribution in [2.45, 2.75) is 18.4 Å². The first-order chi connectivity index (χ1) is 13.0. The Kier molecular flexibility index (Phi) is 3.78. The van der Waals surface area contributed by atoms with Crippen molar-refractivity contribution in [1.29, 1.82) is 0 Å². The first-order valence-corrected chi connectivity index (χ1v) is 10.1. The highest BCUT2D eigenvalue weighted by Gasteiger charge is 2.49. The highest BCUT2D eigenvalue weighted by molar-refractivity contribution is 7.21. The van der Waals surface area contributed by atoms with Crippen LogP contribution in [-0.4, -0.2) is 35.3 Å². The lowest BCUT2D eigenvalue weighted by atomic mass is 9.88. The van der Waals surface area contributed by atoms with Gasteiger partial charge in [-0.05, 0) is 30.2 Å². The maximum atomic E-state index is 13.3. The van der Waals surface area contributed by atoms with E-state index in [0.717, 1.165) is 32.5 Å². The number of nitrogens with one attached hydrogen (secondary N) is 1. The zero-order chi connectivity index (χ0) is 18.6. The van der Waals surface area contributed by atoms with Gasteiger partial charge in [0, 0.05) is 40.2 Å². The van der Waals surface area contributed by atoms with Gasteiger partial charge in [-0.25, -0.2) is 0 Å². The number of thiophene rings is 1. The van der Waals surface area contributed by atoms with Gasteiger partial charge in [0.05, 0.1) is 5.54 Å². The van der Waals surface area contributed by atoms with Crippen molar-refractivity contribution in [2.75, 3.05) is 13.1 Å². The number of fused-ring (bicyclic) bond motifs is 1. The average molecular weight is 397 g/mol. The summed E-state index contributed by atoms with van der Waals surface area (Å²) in [5.74, 6) is 0.113. The molecule has 2 amide bonds. The SMILES string of the molecule is O=C1CCC2(CN(C(=O)c3sc4ccc(Cl)cc4c3-c3ccccc3)C2)N1. The molecule has 1 N–H and O–H groups in total. The quantitative estimate of drug-likeness (QED) is 0.701. The number of likely N-dealkylation sites (tertiary alicyclic amines) is 1. The van der Waals surface area contributed by atoms with Gasteiger partial charge in [0.2, 0.25) is 5.91 Å². The van der Waals surface area contributed by atoms with E-state index in [2.05, 4.69) is 5.32 Å². The molecule has 1 aromatic heterocycles. The van der Waals surface area contributed by atoms with Gasteiger partial charge in [0.25, 0.3) is 5.91 Å². The molecule has 3 aromatic rings. The molecule has 1 spiro atoms. The molecule has 6 heteroatoms. The minimum absolute atomic E-state index is 0.0259. The maximum Gasteiger partial charge on any atom is 0.264 e. The van der Waals surface area contributed by atoms with Crippen molar-refractivity contribution in [2.24, 2.45) is 0 Å². The van der Waals surface area contributed by atoms with E-state index in [0.29, 0.717) is 24.5 Å². The highest BCUT2D eigenvalue weighted by atomic mass is 35.5. The Morgan fingerprint density at radius 1 is 1.15 bits per heavy atom. The smallest absolute Gasteiger partial charge is 0.264 e. The number of rotatable bonds is 2. The van der Waals surface area contributed by atoms with Crippen molar-refractivity contribution in [1.82, 2.24) is 10.2 Å². The fraction of sp³-hybridized carbons (Fsp3) is 0.238. The molecular formula is C21H17ClN2O2S. The molecule has 2 saturated heterocycles.